The summed E-state index contributed by atoms with van der Waals surface area (Å²) in [6.07, 6.45) is 2.09. The van der Waals surface area contributed by atoms with Crippen molar-refractivity contribution in [2.45, 2.75) is 25.4 Å². The van der Waals surface area contributed by atoms with Gasteiger partial charge in [0, 0.05) is 30.5 Å². The molecule has 1 aromatic heterocycles. The number of carboxylic acid groups (broad SMARTS) is 1. The lowest BCUT2D eigenvalue weighted by molar-refractivity contribution is -0.139. The summed E-state index contributed by atoms with van der Waals surface area (Å²) in [5.74, 6) is -2.27. The molecule has 0 saturated heterocycles. The number of nitrogens with zero attached hydrogens (tertiary/aromatic N) is 2. The summed E-state index contributed by atoms with van der Waals surface area (Å²) in [6.45, 7) is 0.569. The Balaban J connectivity index is 1.43. The molecule has 3 N–H and O–H groups in total. The van der Waals surface area contributed by atoms with Crippen LogP contribution in [-0.4, -0.2) is 51.1 Å². The van der Waals surface area contributed by atoms with Crippen molar-refractivity contribution in [3.63, 3.8) is 0 Å². The van der Waals surface area contributed by atoms with Crippen LogP contribution < -0.4 is 4.90 Å². The molecule has 39 heavy (non-hydrogen) atoms. The number of anilines is 1. The number of aliphatic carboxylic acids is 1. The first-order valence-electron chi connectivity index (χ1n) is 11.9. The molecule has 0 radical (unpaired) electrons. The molecule has 0 aliphatic carbocycles. The highest BCUT2D eigenvalue weighted by molar-refractivity contribution is 6.40. The first kappa shape index (κ1) is 26.4. The van der Waals surface area contributed by atoms with Crippen LogP contribution in [-0.2, 0) is 29.0 Å². The monoisotopic (exact) mass is 568 g/mol. The van der Waals surface area contributed by atoms with Crippen molar-refractivity contribution in [1.29, 1.82) is 0 Å². The zero-order valence-electron chi connectivity index (χ0n) is 20.3. The van der Waals surface area contributed by atoms with Gasteiger partial charge in [-0.15, -0.1) is 0 Å². The second-order valence-corrected chi connectivity index (χ2v) is 9.99. The number of benzene rings is 3. The maximum absolute atomic E-state index is 13.2. The van der Waals surface area contributed by atoms with Gasteiger partial charge in [0.15, 0.2) is 11.5 Å². The van der Waals surface area contributed by atoms with Gasteiger partial charge in [-0.05, 0) is 59.5 Å². The van der Waals surface area contributed by atoms with Crippen molar-refractivity contribution in [3.05, 3.63) is 87.1 Å². The predicted octanol–water partition coefficient (Wildman–Crippen LogP) is 5.01. The van der Waals surface area contributed by atoms with Crippen molar-refractivity contribution in [2.24, 2.45) is 0 Å². The molecule has 3 aromatic carbocycles. The summed E-state index contributed by atoms with van der Waals surface area (Å²) in [7, 11) is 0. The van der Waals surface area contributed by atoms with Gasteiger partial charge in [0.1, 0.15) is 11.6 Å². The van der Waals surface area contributed by atoms with Gasteiger partial charge >= 0.3 is 5.97 Å². The SMILES string of the molecule is O=CN(c1c(Cl)cc2c(c1Cl)CCN(C(=O)c1ccc3ccoc3c1)C2)C(Cc1ccc(O)c(O)c1)C(=O)O. The number of halogens is 2. The minimum absolute atomic E-state index is 0.0468. The minimum atomic E-state index is -1.40. The fraction of sp³-hybridized carbons (Fsp3) is 0.179. The summed E-state index contributed by atoms with van der Waals surface area (Å²) in [6, 6.07) is 11.1. The fourth-order valence-corrected chi connectivity index (χ4v) is 5.61. The van der Waals surface area contributed by atoms with E-state index >= 15 is 0 Å². The van der Waals surface area contributed by atoms with Gasteiger partial charge in [-0.1, -0.05) is 35.3 Å². The molecule has 0 fully saturated rings. The smallest absolute Gasteiger partial charge is 0.327 e. The van der Waals surface area contributed by atoms with E-state index in [2.05, 4.69) is 0 Å². The molecule has 11 heteroatoms. The zero-order chi connectivity index (χ0) is 27.8. The van der Waals surface area contributed by atoms with E-state index in [4.69, 9.17) is 27.6 Å². The maximum Gasteiger partial charge on any atom is 0.327 e. The molecule has 1 unspecified atom stereocenters. The summed E-state index contributed by atoms with van der Waals surface area (Å²) in [5, 5.41) is 30.4. The summed E-state index contributed by atoms with van der Waals surface area (Å²) >= 11 is 13.3. The molecule has 200 valence electrons. The Morgan fingerprint density at radius 3 is 2.59 bits per heavy atom. The van der Waals surface area contributed by atoms with Crippen LogP contribution in [0.3, 0.4) is 0 Å². The topological polar surface area (TPSA) is 132 Å². The average molecular weight is 569 g/mol. The van der Waals surface area contributed by atoms with Crippen LogP contribution in [0.15, 0.2) is 59.2 Å². The van der Waals surface area contributed by atoms with E-state index in [0.29, 0.717) is 47.2 Å². The lowest BCUT2D eigenvalue weighted by atomic mass is 9.96. The Bertz CT molecular complexity index is 1620. The van der Waals surface area contributed by atoms with Crippen LogP contribution >= 0.6 is 23.2 Å². The third-order valence-electron chi connectivity index (χ3n) is 6.83. The summed E-state index contributed by atoms with van der Waals surface area (Å²) < 4.78 is 5.41. The first-order chi connectivity index (χ1) is 18.7. The molecule has 9 nitrogen and oxygen atoms in total. The molecule has 1 aliphatic rings. The van der Waals surface area contributed by atoms with Gasteiger partial charge in [0.25, 0.3) is 5.91 Å². The summed E-state index contributed by atoms with van der Waals surface area (Å²) in [5.41, 5.74) is 2.86. The number of rotatable bonds is 7. The highest BCUT2D eigenvalue weighted by Crippen LogP contribution is 2.41. The molecule has 1 atom stereocenters. The maximum atomic E-state index is 13.2. The Hall–Kier alpha value is -4.21. The highest BCUT2D eigenvalue weighted by atomic mass is 35.5. The number of amides is 2. The highest BCUT2D eigenvalue weighted by Gasteiger charge is 2.33. The van der Waals surface area contributed by atoms with E-state index in [0.717, 1.165) is 10.3 Å². The van der Waals surface area contributed by atoms with Gasteiger partial charge in [-0.2, -0.15) is 0 Å². The minimum Gasteiger partial charge on any atom is -0.504 e. The molecule has 0 saturated carbocycles. The van der Waals surface area contributed by atoms with Crippen LogP contribution in [0.25, 0.3) is 11.0 Å². The van der Waals surface area contributed by atoms with Crippen molar-refractivity contribution in [1.82, 2.24) is 4.90 Å². The molecular formula is C28H22Cl2N2O7. The van der Waals surface area contributed by atoms with Crippen molar-refractivity contribution >= 4 is 58.1 Å². The predicted molar refractivity (Wildman–Crippen MR) is 145 cm³/mol. The molecular weight excluding hydrogens is 547 g/mol. The number of carbonyl (C=O) groups excluding carboxylic acids is 2. The van der Waals surface area contributed by atoms with Gasteiger partial charge in [-0.25, -0.2) is 4.79 Å². The first-order valence-corrected chi connectivity index (χ1v) is 12.7. The van der Waals surface area contributed by atoms with Crippen LogP contribution in [0.4, 0.5) is 5.69 Å². The van der Waals surface area contributed by atoms with E-state index in [1.165, 1.54) is 18.2 Å². The van der Waals surface area contributed by atoms with E-state index in [1.54, 1.807) is 29.4 Å². The average Bonchev–Trinajstić information content (AvgIpc) is 3.39. The van der Waals surface area contributed by atoms with Crippen LogP contribution in [0.2, 0.25) is 10.0 Å². The quantitative estimate of drug-likeness (QED) is 0.211. The van der Waals surface area contributed by atoms with Crippen molar-refractivity contribution < 1.29 is 34.1 Å². The fourth-order valence-electron chi connectivity index (χ4n) is 4.83. The molecule has 2 amide bonds. The Kier molecular flexibility index (Phi) is 7.12. The van der Waals surface area contributed by atoms with Crippen LogP contribution in [0.1, 0.15) is 27.0 Å². The Labute approximate surface area is 232 Å². The van der Waals surface area contributed by atoms with E-state index < -0.39 is 17.8 Å². The number of carbonyl (C=O) groups is 3. The van der Waals surface area contributed by atoms with Gasteiger partial charge in [-0.3, -0.25) is 14.5 Å². The molecule has 5 rings (SSSR count). The number of carboxylic acids is 1. The van der Waals surface area contributed by atoms with Gasteiger partial charge < -0.3 is 24.6 Å². The molecule has 1 aliphatic heterocycles. The Morgan fingerprint density at radius 2 is 1.87 bits per heavy atom. The third kappa shape index (κ3) is 4.98. The van der Waals surface area contributed by atoms with Crippen LogP contribution in [0.5, 0.6) is 11.5 Å². The normalized spacial score (nSPS) is 13.6. The number of fused-ring (bicyclic) bond motifs is 2. The summed E-state index contributed by atoms with van der Waals surface area (Å²) in [4.78, 5) is 40.2. The molecule has 0 spiro atoms. The molecule has 2 heterocycles. The number of aromatic hydroxyl groups is 2. The Morgan fingerprint density at radius 1 is 1.08 bits per heavy atom. The number of phenols is 2. The molecule has 4 aromatic rings. The number of phenolic OH excluding ortho intramolecular Hbond substituents is 2. The van der Waals surface area contributed by atoms with Crippen molar-refractivity contribution in [2.75, 3.05) is 11.4 Å². The number of furan rings is 1. The number of hydrogen-bond acceptors (Lipinski definition) is 6. The number of hydrogen-bond donors (Lipinski definition) is 3. The zero-order valence-corrected chi connectivity index (χ0v) is 21.8. The van der Waals surface area contributed by atoms with E-state index in [-0.39, 0.29) is 40.4 Å². The standard InChI is InChI=1S/C28H22Cl2N2O7/c29-20-11-18-13-31(27(36)17-3-2-16-6-8-39-24(16)12-17)7-5-19(18)25(30)26(20)32(14-33)21(28(37)38)9-15-1-4-22(34)23(35)10-15/h1-4,6,8,10-12,14,21,34-35H,5,7,9,13H2,(H,37,38). The second kappa shape index (κ2) is 10.5. The van der Waals surface area contributed by atoms with E-state index in [1.807, 2.05) is 12.1 Å². The second-order valence-electron chi connectivity index (χ2n) is 9.20. The van der Waals surface area contributed by atoms with E-state index in [9.17, 15) is 29.7 Å². The lowest BCUT2D eigenvalue weighted by Crippen LogP contribution is -2.43. The van der Waals surface area contributed by atoms with Crippen LogP contribution in [0, 0.1) is 0 Å². The van der Waals surface area contributed by atoms with Crippen molar-refractivity contribution in [3.8, 4) is 11.5 Å². The van der Waals surface area contributed by atoms with Gasteiger partial charge in [0.2, 0.25) is 6.41 Å². The molecule has 0 bridgehead atoms. The van der Waals surface area contributed by atoms with Gasteiger partial charge in [0.05, 0.1) is 22.0 Å². The third-order valence-corrected chi connectivity index (χ3v) is 7.53. The largest absolute Gasteiger partial charge is 0.504 e. The lowest BCUT2D eigenvalue weighted by Gasteiger charge is -2.33.